The van der Waals surface area contributed by atoms with Gasteiger partial charge in [-0.2, -0.15) is 0 Å². The zero-order valence-corrected chi connectivity index (χ0v) is 41.3. The highest BCUT2D eigenvalue weighted by atomic mass is 32.1. The summed E-state index contributed by atoms with van der Waals surface area (Å²) in [4.78, 5) is 16.1. The van der Waals surface area contributed by atoms with Crippen molar-refractivity contribution in [3.05, 3.63) is 261 Å². The first-order valence-electron chi connectivity index (χ1n) is 25.3. The molecule has 0 spiro atoms. The van der Waals surface area contributed by atoms with E-state index in [1.807, 2.05) is 23.5 Å². The molecule has 75 heavy (non-hydrogen) atoms. The zero-order valence-electron chi connectivity index (χ0n) is 40.5. The number of hydrogen-bond acceptors (Lipinski definition) is 4. The van der Waals surface area contributed by atoms with Crippen LogP contribution in [0.1, 0.15) is 0 Å². The maximum atomic E-state index is 5.41. The predicted octanol–water partition coefficient (Wildman–Crippen LogP) is 18.4. The van der Waals surface area contributed by atoms with Crippen molar-refractivity contribution in [3.63, 3.8) is 0 Å². The van der Waals surface area contributed by atoms with E-state index in [0.717, 1.165) is 61.4 Å². The summed E-state index contributed by atoms with van der Waals surface area (Å²) in [6, 6.07) is 93.2. The highest BCUT2D eigenvalue weighted by molar-refractivity contribution is 7.27. The molecule has 0 unspecified atom stereocenters. The first-order chi connectivity index (χ1) is 37.2. The molecule has 0 fully saturated rings. The molecule has 6 heteroatoms. The molecular weight excluding hydrogens is 931 g/mol. The second-order valence-electron chi connectivity index (χ2n) is 19.1. The third-order valence-electron chi connectivity index (χ3n) is 14.8. The van der Waals surface area contributed by atoms with Gasteiger partial charge < -0.3 is 9.13 Å². The number of para-hydroxylation sites is 4. The van der Waals surface area contributed by atoms with Gasteiger partial charge >= 0.3 is 0 Å². The van der Waals surface area contributed by atoms with Crippen LogP contribution < -0.4 is 0 Å². The minimum absolute atomic E-state index is 0.598. The minimum Gasteiger partial charge on any atom is -0.307 e. The average Bonchev–Trinajstić information content (AvgIpc) is 4.27. The number of fused-ring (bicyclic) bond motifs is 11. The van der Waals surface area contributed by atoms with Crippen LogP contribution in [0.15, 0.2) is 261 Å². The molecule has 4 heterocycles. The Morgan fingerprint density at radius 3 is 1.25 bits per heavy atom. The van der Waals surface area contributed by atoms with Gasteiger partial charge in [0.1, 0.15) is 0 Å². The van der Waals surface area contributed by atoms with Crippen LogP contribution >= 0.6 is 11.3 Å². The van der Waals surface area contributed by atoms with Crippen molar-refractivity contribution in [3.8, 4) is 78.9 Å². The van der Waals surface area contributed by atoms with Crippen LogP contribution in [0.3, 0.4) is 0 Å². The van der Waals surface area contributed by atoms with Crippen molar-refractivity contribution in [2.24, 2.45) is 0 Å². The topological polar surface area (TPSA) is 48.5 Å². The van der Waals surface area contributed by atoms with Gasteiger partial charge in [0, 0.05) is 54.6 Å². The molecule has 15 rings (SSSR count). The van der Waals surface area contributed by atoms with Crippen LogP contribution in [0.25, 0.3) is 143 Å². The van der Waals surface area contributed by atoms with Gasteiger partial charge in [-0.05, 0) is 64.2 Å². The molecule has 0 amide bonds. The number of nitrogens with zero attached hydrogens (tertiary/aromatic N) is 5. The quantitative estimate of drug-likeness (QED) is 0.152. The Hall–Kier alpha value is -9.75. The normalized spacial score (nSPS) is 11.7. The van der Waals surface area contributed by atoms with Crippen LogP contribution in [0.2, 0.25) is 0 Å². The van der Waals surface area contributed by atoms with Crippen LogP contribution in [0.4, 0.5) is 0 Å². The van der Waals surface area contributed by atoms with Gasteiger partial charge in [0.05, 0.1) is 42.8 Å². The Morgan fingerprint density at radius 1 is 0.253 bits per heavy atom. The van der Waals surface area contributed by atoms with Crippen LogP contribution in [-0.2, 0) is 0 Å². The predicted molar refractivity (Wildman–Crippen MR) is 314 cm³/mol. The summed E-state index contributed by atoms with van der Waals surface area (Å²) in [6.07, 6.45) is 0. The molecule has 4 aromatic heterocycles. The van der Waals surface area contributed by atoms with E-state index in [2.05, 4.69) is 258 Å². The number of aromatic nitrogens is 5. The average molecular weight is 974 g/mol. The molecule has 11 aromatic carbocycles. The van der Waals surface area contributed by atoms with Crippen molar-refractivity contribution in [2.45, 2.75) is 0 Å². The Kier molecular flexibility index (Phi) is 10.00. The monoisotopic (exact) mass is 973 g/mol. The van der Waals surface area contributed by atoms with Crippen LogP contribution in [-0.4, -0.2) is 24.1 Å². The molecule has 0 aliphatic heterocycles. The van der Waals surface area contributed by atoms with Crippen LogP contribution in [0, 0.1) is 0 Å². The molecule has 0 saturated heterocycles. The van der Waals surface area contributed by atoms with Gasteiger partial charge in [-0.15, -0.1) is 11.3 Å². The summed E-state index contributed by atoms with van der Waals surface area (Å²) in [7, 11) is 0. The lowest BCUT2D eigenvalue weighted by molar-refractivity contribution is 1.06. The fraction of sp³-hybridized carbons (Fsp3) is 0. The van der Waals surface area contributed by atoms with E-state index in [1.54, 1.807) is 0 Å². The highest BCUT2D eigenvalue weighted by Gasteiger charge is 2.25. The summed E-state index contributed by atoms with van der Waals surface area (Å²) in [5.74, 6) is 1.81. The highest BCUT2D eigenvalue weighted by Crippen LogP contribution is 2.48. The fourth-order valence-corrected chi connectivity index (χ4v) is 12.7. The van der Waals surface area contributed by atoms with E-state index in [4.69, 9.17) is 15.0 Å². The van der Waals surface area contributed by atoms with Crippen molar-refractivity contribution in [1.82, 2.24) is 24.1 Å². The summed E-state index contributed by atoms with van der Waals surface area (Å²) in [6.45, 7) is 0. The molecule has 0 atom stereocenters. The Bertz CT molecular complexity index is 4690. The number of thiophene rings is 1. The largest absolute Gasteiger partial charge is 0.307 e. The van der Waals surface area contributed by atoms with E-state index in [1.165, 1.54) is 63.9 Å². The Labute approximate surface area is 436 Å². The first kappa shape index (κ1) is 42.9. The van der Waals surface area contributed by atoms with Gasteiger partial charge in [0.25, 0.3) is 0 Å². The van der Waals surface area contributed by atoms with E-state index < -0.39 is 0 Å². The smallest absolute Gasteiger partial charge is 0.166 e. The number of hydrogen-bond donors (Lipinski definition) is 0. The molecule has 0 saturated carbocycles. The number of benzene rings is 11. The second kappa shape index (κ2) is 17.5. The van der Waals surface area contributed by atoms with Crippen LogP contribution in [0.5, 0.6) is 0 Å². The standard InChI is InChI=1S/C69H43N5S/c1-4-19-44(20-5-1)46-35-37-48(38-36-46)67-70-68(50-26-18-25-49(43-50)45-21-6-2-7-22-45)72-69(71-67)58-30-13-17-34-62(58)74-61-33-16-12-29-53(61)55-40-42-57-56-41-39-54-52-28-11-15-32-60(52)73(63(54)65(56)75-66(57)64(55)74)59-31-14-10-27-51(59)47-23-8-3-9-24-47/h1-43H. The Balaban J connectivity index is 0.977. The second-order valence-corrected chi connectivity index (χ2v) is 20.1. The van der Waals surface area contributed by atoms with E-state index >= 15 is 0 Å². The molecular formula is C69H43N5S. The summed E-state index contributed by atoms with van der Waals surface area (Å²) >= 11 is 1.89. The molecule has 0 bridgehead atoms. The lowest BCUT2D eigenvalue weighted by atomic mass is 10.0. The van der Waals surface area contributed by atoms with Gasteiger partial charge in [-0.3, -0.25) is 0 Å². The molecule has 350 valence electrons. The summed E-state index contributed by atoms with van der Waals surface area (Å²) in [5, 5.41) is 7.31. The third-order valence-corrected chi connectivity index (χ3v) is 16.0. The third kappa shape index (κ3) is 7.03. The maximum Gasteiger partial charge on any atom is 0.166 e. The lowest BCUT2D eigenvalue weighted by Gasteiger charge is -2.15. The van der Waals surface area contributed by atoms with Crippen molar-refractivity contribution >= 4 is 75.1 Å². The van der Waals surface area contributed by atoms with Gasteiger partial charge in [-0.1, -0.05) is 224 Å². The van der Waals surface area contributed by atoms with Gasteiger partial charge in [0.15, 0.2) is 17.5 Å². The van der Waals surface area contributed by atoms with E-state index in [-0.39, 0.29) is 0 Å². The molecule has 0 radical (unpaired) electrons. The number of rotatable bonds is 8. The molecule has 0 aliphatic rings. The Morgan fingerprint density at radius 2 is 0.653 bits per heavy atom. The lowest BCUT2D eigenvalue weighted by Crippen LogP contribution is -2.03. The van der Waals surface area contributed by atoms with Gasteiger partial charge in [-0.25, -0.2) is 15.0 Å². The maximum absolute atomic E-state index is 5.41. The van der Waals surface area contributed by atoms with Crippen molar-refractivity contribution in [2.75, 3.05) is 0 Å². The zero-order chi connectivity index (χ0) is 49.4. The minimum atomic E-state index is 0.598. The van der Waals surface area contributed by atoms with E-state index in [0.29, 0.717) is 17.5 Å². The summed E-state index contributed by atoms with van der Waals surface area (Å²) in [5.41, 5.74) is 16.4. The van der Waals surface area contributed by atoms with Gasteiger partial charge in [0.2, 0.25) is 0 Å². The fourth-order valence-electron chi connectivity index (χ4n) is 11.3. The molecule has 5 nitrogen and oxygen atoms in total. The van der Waals surface area contributed by atoms with E-state index in [9.17, 15) is 0 Å². The van der Waals surface area contributed by atoms with Crippen molar-refractivity contribution < 1.29 is 0 Å². The SMILES string of the molecule is c1ccc(-c2ccc(-c3nc(-c4cccc(-c5ccccc5)c4)nc(-c4ccccc4-n4c5ccccc5c5ccc6c7ccc8c9ccccc9n(-c9ccccc9-c9ccccc9)c8c7sc6c54)n3)cc2)cc1. The molecule has 0 N–H and O–H groups in total. The first-order valence-corrected chi connectivity index (χ1v) is 26.2. The molecule has 0 aliphatic carbocycles. The summed E-state index contributed by atoms with van der Waals surface area (Å²) < 4.78 is 7.44. The van der Waals surface area contributed by atoms with Crippen molar-refractivity contribution in [1.29, 1.82) is 0 Å². The molecule has 15 aromatic rings.